The van der Waals surface area contributed by atoms with Gasteiger partial charge in [-0.3, -0.25) is 5.32 Å². The minimum absolute atomic E-state index is 0.171. The van der Waals surface area contributed by atoms with Gasteiger partial charge in [0.1, 0.15) is 6.61 Å². The van der Waals surface area contributed by atoms with Crippen LogP contribution in [0.3, 0.4) is 0 Å². The lowest BCUT2D eigenvalue weighted by molar-refractivity contribution is 0.110. The lowest BCUT2D eigenvalue weighted by Gasteiger charge is -2.13. The maximum absolute atomic E-state index is 11.8. The van der Waals surface area contributed by atoms with Gasteiger partial charge in [0.15, 0.2) is 6.23 Å². The molecule has 2 unspecified atom stereocenters. The number of ether oxygens (including phenoxy) is 1. The van der Waals surface area contributed by atoms with Crippen LogP contribution in [-0.2, 0) is 26.9 Å². The molecular weight excluding hydrogens is 301 g/mol. The van der Waals surface area contributed by atoms with Gasteiger partial charge in [-0.05, 0) is 15.7 Å². The number of amides is 1. The Morgan fingerprint density at radius 2 is 1.59 bits per heavy atom. The minimum Gasteiger partial charge on any atom is -0.445 e. The van der Waals surface area contributed by atoms with Gasteiger partial charge in [0.25, 0.3) is 0 Å². The van der Waals surface area contributed by atoms with Gasteiger partial charge >= 0.3 is 14.8 Å². The van der Waals surface area contributed by atoms with Crippen LogP contribution in [-0.4, -0.2) is 12.3 Å². The predicted molar refractivity (Wildman–Crippen MR) is 83.8 cm³/mol. The Morgan fingerprint density at radius 3 is 2.18 bits per heavy atom. The van der Waals surface area contributed by atoms with Gasteiger partial charge in [-0.15, -0.1) is 4.52 Å². The first-order valence-electron chi connectivity index (χ1n) is 6.82. The van der Waals surface area contributed by atoms with E-state index in [1.807, 2.05) is 60.7 Å². The van der Waals surface area contributed by atoms with Gasteiger partial charge in [-0.1, -0.05) is 60.7 Å². The summed E-state index contributed by atoms with van der Waals surface area (Å²) in [5.41, 5.74) is 1.86. The van der Waals surface area contributed by atoms with E-state index >= 15 is 0 Å². The number of hydrogen-bond acceptors (Lipinski definition) is 4. The van der Waals surface area contributed by atoms with E-state index in [1.54, 1.807) is 0 Å². The molecule has 6 heteroatoms. The van der Waals surface area contributed by atoms with Gasteiger partial charge in [-0.2, -0.15) is 0 Å². The molecule has 2 aromatic rings. The third kappa shape index (κ3) is 5.64. The monoisotopic (exact) mass is 318 g/mol. The van der Waals surface area contributed by atoms with Crippen molar-refractivity contribution in [3.05, 3.63) is 71.8 Å². The van der Waals surface area contributed by atoms with Crippen LogP contribution >= 0.6 is 8.69 Å². The Kier molecular flexibility index (Phi) is 6.55. The molecule has 1 amide bonds. The molecule has 2 atom stereocenters. The molecule has 114 valence electrons. The van der Waals surface area contributed by atoms with Gasteiger partial charge in [0, 0.05) is 6.42 Å². The highest BCUT2D eigenvalue weighted by atomic mass is 31.1. The molecule has 0 aliphatic rings. The largest absolute Gasteiger partial charge is 0.496 e. The van der Waals surface area contributed by atoms with Gasteiger partial charge in [-0.25, -0.2) is 4.79 Å². The second-order valence-corrected chi connectivity index (χ2v) is 4.99. The van der Waals surface area contributed by atoms with E-state index in [1.165, 1.54) is 0 Å². The Morgan fingerprint density at radius 1 is 1.00 bits per heavy atom. The molecule has 0 radical (unpaired) electrons. The summed E-state index contributed by atoms with van der Waals surface area (Å²) in [6, 6.07) is 18.8. The number of alkyl carbamates (subject to hydrolysis) is 1. The van der Waals surface area contributed by atoms with E-state index in [4.69, 9.17) is 9.26 Å². The molecule has 0 spiro atoms. The third-order valence-corrected chi connectivity index (χ3v) is 3.33. The van der Waals surface area contributed by atoms with Crippen LogP contribution in [0.1, 0.15) is 11.1 Å². The molecule has 0 aliphatic heterocycles. The molecule has 1 N–H and O–H groups in total. The lowest BCUT2D eigenvalue weighted by atomic mass is 10.1. The fourth-order valence-electron chi connectivity index (χ4n) is 1.90. The van der Waals surface area contributed by atoms with E-state index in [0.29, 0.717) is 6.42 Å². The molecule has 22 heavy (non-hydrogen) atoms. The van der Waals surface area contributed by atoms with E-state index in [0.717, 1.165) is 11.1 Å². The predicted octanol–water partition coefficient (Wildman–Crippen LogP) is 3.44. The minimum atomic E-state index is -0.956. The Labute approximate surface area is 130 Å². The van der Waals surface area contributed by atoms with Crippen LogP contribution in [0.2, 0.25) is 0 Å². The fraction of sp³-hybridized carbons (Fsp3) is 0.188. The van der Waals surface area contributed by atoms with E-state index in [2.05, 4.69) is 5.32 Å². The second kappa shape index (κ2) is 8.93. The summed E-state index contributed by atoms with van der Waals surface area (Å²) in [4.78, 5) is 11.8. The van der Waals surface area contributed by atoms with Crippen LogP contribution in [0.25, 0.3) is 0 Å². The quantitative estimate of drug-likeness (QED) is 0.627. The van der Waals surface area contributed by atoms with Crippen molar-refractivity contribution in [1.29, 1.82) is 0 Å². The first-order valence-corrected chi connectivity index (χ1v) is 7.63. The zero-order valence-electron chi connectivity index (χ0n) is 11.9. The molecular formula is C16H17NO4P+. The second-order valence-electron chi connectivity index (χ2n) is 4.59. The van der Waals surface area contributed by atoms with Crippen molar-refractivity contribution < 1.29 is 18.6 Å². The summed E-state index contributed by atoms with van der Waals surface area (Å²) in [5.74, 6) is 0. The number of benzene rings is 2. The smallest absolute Gasteiger partial charge is 0.445 e. The Balaban J connectivity index is 1.84. The molecule has 2 aromatic carbocycles. The van der Waals surface area contributed by atoms with Gasteiger partial charge in [0.05, 0.1) is 0 Å². The number of rotatable bonds is 7. The van der Waals surface area contributed by atoms with Crippen molar-refractivity contribution in [2.45, 2.75) is 19.3 Å². The molecule has 5 nitrogen and oxygen atoms in total. The van der Waals surface area contributed by atoms with Crippen molar-refractivity contribution in [3.63, 3.8) is 0 Å². The van der Waals surface area contributed by atoms with Crippen molar-refractivity contribution in [2.24, 2.45) is 0 Å². The maximum Gasteiger partial charge on any atom is 0.496 e. The summed E-state index contributed by atoms with van der Waals surface area (Å²) in [6.07, 6.45) is -0.888. The summed E-state index contributed by atoms with van der Waals surface area (Å²) >= 11 is 0. The molecule has 0 aromatic heterocycles. The topological polar surface area (TPSA) is 64.6 Å². The average molecular weight is 318 g/mol. The standard InChI is InChI=1S/C16H16NO4P/c18-16(20-12-14-9-5-2-6-10-14)17-15(21-22-19)11-13-7-3-1-4-8-13/h1-10,15,22H,11-12H2/p+1. The van der Waals surface area contributed by atoms with Crippen molar-refractivity contribution in [2.75, 3.05) is 0 Å². The number of carbonyl (C=O) groups excluding carboxylic acids is 1. The Hall–Kier alpha value is -2.23. The molecule has 0 saturated heterocycles. The lowest BCUT2D eigenvalue weighted by Crippen LogP contribution is -2.37. The summed E-state index contributed by atoms with van der Waals surface area (Å²) in [7, 11) is -0.956. The van der Waals surface area contributed by atoms with Crippen LogP contribution in [0.15, 0.2) is 60.7 Å². The first-order chi connectivity index (χ1) is 10.8. The van der Waals surface area contributed by atoms with Gasteiger partial charge in [0.2, 0.25) is 0 Å². The highest BCUT2D eigenvalue weighted by Gasteiger charge is 2.18. The number of hydrogen-bond donors (Lipinski definition) is 1. The van der Waals surface area contributed by atoms with Crippen LogP contribution in [0.4, 0.5) is 4.79 Å². The van der Waals surface area contributed by atoms with Gasteiger partial charge < -0.3 is 4.74 Å². The van der Waals surface area contributed by atoms with Crippen molar-refractivity contribution in [1.82, 2.24) is 5.32 Å². The van der Waals surface area contributed by atoms with E-state index in [9.17, 15) is 9.36 Å². The molecule has 0 fully saturated rings. The SMILES string of the molecule is O=[PH+]OC(Cc1ccccc1)NC(=O)OCc1ccccc1. The summed E-state index contributed by atoms with van der Waals surface area (Å²) < 4.78 is 20.8. The molecule has 0 heterocycles. The third-order valence-electron chi connectivity index (χ3n) is 2.95. The summed E-state index contributed by atoms with van der Waals surface area (Å²) in [5, 5.41) is 2.56. The van der Waals surface area contributed by atoms with Crippen LogP contribution in [0, 0.1) is 0 Å². The molecule has 0 saturated carbocycles. The number of carbonyl (C=O) groups is 1. The van der Waals surface area contributed by atoms with E-state index in [-0.39, 0.29) is 6.61 Å². The van der Waals surface area contributed by atoms with Crippen LogP contribution < -0.4 is 5.32 Å². The highest BCUT2D eigenvalue weighted by molar-refractivity contribution is 7.17. The van der Waals surface area contributed by atoms with Crippen LogP contribution in [0.5, 0.6) is 0 Å². The zero-order chi connectivity index (χ0) is 15.6. The number of nitrogens with one attached hydrogen (secondary N) is 1. The average Bonchev–Trinajstić information content (AvgIpc) is 2.55. The highest BCUT2D eigenvalue weighted by Crippen LogP contribution is 2.09. The van der Waals surface area contributed by atoms with Crippen molar-refractivity contribution >= 4 is 14.8 Å². The first kappa shape index (κ1) is 16.1. The van der Waals surface area contributed by atoms with Crippen molar-refractivity contribution in [3.8, 4) is 0 Å². The normalized spacial score (nSPS) is 11.8. The zero-order valence-corrected chi connectivity index (χ0v) is 12.9. The fourth-order valence-corrected chi connectivity index (χ4v) is 2.16. The molecule has 0 aliphatic carbocycles. The molecule has 0 bridgehead atoms. The Bertz CT molecular complexity index is 592. The summed E-state index contributed by atoms with van der Waals surface area (Å²) in [6.45, 7) is 0.171. The molecule has 2 rings (SSSR count). The van der Waals surface area contributed by atoms with E-state index < -0.39 is 21.0 Å². The maximum atomic E-state index is 11.8.